The third-order valence-corrected chi connectivity index (χ3v) is 5.99. The summed E-state index contributed by atoms with van der Waals surface area (Å²) in [6, 6.07) is 9.57. The number of benzene rings is 2. The van der Waals surface area contributed by atoms with Crippen molar-refractivity contribution in [3.63, 3.8) is 0 Å². The number of carbonyl (C=O) groups excluding carboxylic acids is 2. The van der Waals surface area contributed by atoms with E-state index < -0.39 is 28.2 Å². The first-order chi connectivity index (χ1) is 15.6. The molecule has 0 bridgehead atoms. The molecule has 0 saturated carbocycles. The Morgan fingerprint density at radius 1 is 1.06 bits per heavy atom. The number of non-ortho nitro benzene ring substituents is 1. The molecule has 9 nitrogen and oxygen atoms in total. The van der Waals surface area contributed by atoms with Crippen LogP contribution in [0.5, 0.6) is 0 Å². The predicted octanol–water partition coefficient (Wildman–Crippen LogP) is 3.92. The van der Waals surface area contributed by atoms with Crippen molar-refractivity contribution in [2.24, 2.45) is 0 Å². The van der Waals surface area contributed by atoms with Crippen LogP contribution in [0.1, 0.15) is 24.8 Å². The topological polar surface area (TPSA) is 108 Å². The lowest BCUT2D eigenvalue weighted by molar-refractivity contribution is -0.384. The van der Waals surface area contributed by atoms with Gasteiger partial charge in [0.2, 0.25) is 5.91 Å². The van der Waals surface area contributed by atoms with E-state index in [2.05, 4.69) is 10.7 Å². The van der Waals surface area contributed by atoms with Crippen molar-refractivity contribution in [1.29, 1.82) is 0 Å². The van der Waals surface area contributed by atoms with E-state index in [1.165, 1.54) is 17.1 Å². The number of anilines is 2. The van der Waals surface area contributed by atoms with Gasteiger partial charge in [-0.3, -0.25) is 20.3 Å². The minimum absolute atomic E-state index is 0.0102. The van der Waals surface area contributed by atoms with Crippen LogP contribution in [0, 0.1) is 10.1 Å². The first kappa shape index (κ1) is 22.4. The Balaban J connectivity index is 1.43. The Morgan fingerprint density at radius 3 is 2.21 bits per heavy atom. The standard InChI is InChI=1S/C21H20F3N5O4/c22-21(23,24)14-1-3-15(4-2-14)25-19(31)28-20(13-18(30)26-28)9-11-27(12-10-20)16-5-7-17(8-6-16)29(32)33/h1-8H,9-13H2,(H,25,31)(H,26,30). The number of nitrogens with one attached hydrogen (secondary N) is 2. The van der Waals surface area contributed by atoms with Crippen LogP contribution in [0.15, 0.2) is 48.5 Å². The summed E-state index contributed by atoms with van der Waals surface area (Å²) in [7, 11) is 0. The van der Waals surface area contributed by atoms with Crippen molar-refractivity contribution < 1.29 is 27.7 Å². The van der Waals surface area contributed by atoms with Crippen molar-refractivity contribution in [3.8, 4) is 0 Å². The summed E-state index contributed by atoms with van der Waals surface area (Å²) >= 11 is 0. The SMILES string of the molecule is O=C1CC2(CCN(c3ccc([N+](=O)[O-])cc3)CC2)N(C(=O)Nc2ccc(C(F)(F)F)cc2)N1. The highest BCUT2D eigenvalue weighted by molar-refractivity contribution is 5.94. The number of urea groups is 1. The van der Waals surface area contributed by atoms with E-state index in [4.69, 9.17) is 0 Å². The summed E-state index contributed by atoms with van der Waals surface area (Å²) in [5.74, 6) is -0.318. The van der Waals surface area contributed by atoms with Crippen molar-refractivity contribution in [3.05, 3.63) is 64.2 Å². The van der Waals surface area contributed by atoms with Gasteiger partial charge < -0.3 is 10.2 Å². The van der Waals surface area contributed by atoms with Crippen LogP contribution in [-0.2, 0) is 11.0 Å². The molecule has 0 aromatic heterocycles. The number of hydrazine groups is 1. The number of nitrogens with zero attached hydrogens (tertiary/aromatic N) is 3. The van der Waals surface area contributed by atoms with Crippen LogP contribution < -0.4 is 15.6 Å². The molecule has 0 atom stereocenters. The molecule has 1 spiro atoms. The number of carbonyl (C=O) groups is 2. The molecule has 174 valence electrons. The molecule has 0 unspecified atom stereocenters. The highest BCUT2D eigenvalue weighted by atomic mass is 19.4. The summed E-state index contributed by atoms with van der Waals surface area (Å²) in [6.45, 7) is 1.02. The first-order valence-electron chi connectivity index (χ1n) is 10.1. The van der Waals surface area contributed by atoms with Crippen LogP contribution in [0.3, 0.4) is 0 Å². The zero-order chi connectivity index (χ0) is 23.8. The van der Waals surface area contributed by atoms with Gasteiger partial charge in [0.25, 0.3) is 5.69 Å². The van der Waals surface area contributed by atoms with Crippen molar-refractivity contribution in [1.82, 2.24) is 10.4 Å². The smallest absolute Gasteiger partial charge is 0.371 e. The Bertz CT molecular complexity index is 1060. The number of piperidine rings is 1. The minimum atomic E-state index is -4.48. The number of nitro benzene ring substituents is 1. The van der Waals surface area contributed by atoms with Crippen LogP contribution >= 0.6 is 0 Å². The molecular weight excluding hydrogens is 443 g/mol. The van der Waals surface area contributed by atoms with Gasteiger partial charge in [-0.05, 0) is 49.2 Å². The third-order valence-electron chi connectivity index (χ3n) is 5.99. The lowest BCUT2D eigenvalue weighted by Crippen LogP contribution is -2.58. The number of hydrogen-bond donors (Lipinski definition) is 2. The van der Waals surface area contributed by atoms with Crippen LogP contribution in [0.25, 0.3) is 0 Å². The van der Waals surface area contributed by atoms with E-state index in [1.54, 1.807) is 12.1 Å². The van der Waals surface area contributed by atoms with Crippen molar-refractivity contribution in [2.75, 3.05) is 23.3 Å². The van der Waals surface area contributed by atoms with E-state index in [0.717, 1.165) is 30.0 Å². The zero-order valence-corrected chi connectivity index (χ0v) is 17.3. The van der Waals surface area contributed by atoms with E-state index in [1.807, 2.05) is 4.90 Å². The Hall–Kier alpha value is -3.83. The van der Waals surface area contributed by atoms with Crippen molar-refractivity contribution in [2.45, 2.75) is 31.0 Å². The van der Waals surface area contributed by atoms with Gasteiger partial charge in [-0.15, -0.1) is 0 Å². The van der Waals surface area contributed by atoms with Gasteiger partial charge in [-0.25, -0.2) is 9.80 Å². The number of hydrogen-bond acceptors (Lipinski definition) is 5. The zero-order valence-electron chi connectivity index (χ0n) is 17.3. The Labute approximate surface area is 186 Å². The van der Waals surface area contributed by atoms with E-state index in [0.29, 0.717) is 25.9 Å². The number of alkyl halides is 3. The Kier molecular flexibility index (Phi) is 5.60. The molecule has 2 fully saturated rings. The molecule has 2 aliphatic rings. The van der Waals surface area contributed by atoms with Crippen LogP contribution in [0.2, 0.25) is 0 Å². The summed E-state index contributed by atoms with van der Waals surface area (Å²) < 4.78 is 38.2. The summed E-state index contributed by atoms with van der Waals surface area (Å²) in [6.07, 6.45) is -3.44. The minimum Gasteiger partial charge on any atom is -0.371 e. The van der Waals surface area contributed by atoms with Crippen LogP contribution in [0.4, 0.5) is 35.0 Å². The van der Waals surface area contributed by atoms with Gasteiger partial charge in [-0.1, -0.05) is 0 Å². The number of halogens is 3. The molecule has 4 rings (SSSR count). The summed E-state index contributed by atoms with van der Waals surface area (Å²) in [5, 5.41) is 14.6. The lowest BCUT2D eigenvalue weighted by Gasteiger charge is -2.43. The van der Waals surface area contributed by atoms with E-state index >= 15 is 0 Å². The van der Waals surface area contributed by atoms with Gasteiger partial charge in [0.1, 0.15) is 0 Å². The van der Waals surface area contributed by atoms with Crippen LogP contribution in [-0.4, -0.2) is 40.5 Å². The monoisotopic (exact) mass is 463 g/mol. The second-order valence-corrected chi connectivity index (χ2v) is 8.04. The normalized spacial score (nSPS) is 17.7. The molecule has 33 heavy (non-hydrogen) atoms. The maximum atomic E-state index is 12.9. The fourth-order valence-corrected chi connectivity index (χ4v) is 4.22. The molecule has 2 aliphatic heterocycles. The second-order valence-electron chi connectivity index (χ2n) is 8.04. The first-order valence-corrected chi connectivity index (χ1v) is 10.1. The van der Waals surface area contributed by atoms with Gasteiger partial charge in [0.15, 0.2) is 0 Å². The summed E-state index contributed by atoms with van der Waals surface area (Å²) in [5.41, 5.74) is 1.91. The fraction of sp³-hybridized carbons (Fsp3) is 0.333. The van der Waals surface area contributed by atoms with Crippen molar-refractivity contribution >= 4 is 29.0 Å². The molecule has 2 saturated heterocycles. The molecule has 2 aromatic carbocycles. The predicted molar refractivity (Wildman–Crippen MR) is 112 cm³/mol. The molecule has 2 aromatic rings. The molecule has 0 aliphatic carbocycles. The molecule has 2 heterocycles. The maximum absolute atomic E-state index is 12.9. The van der Waals surface area contributed by atoms with E-state index in [-0.39, 0.29) is 23.7 Å². The molecule has 12 heteroatoms. The van der Waals surface area contributed by atoms with Gasteiger partial charge in [0, 0.05) is 36.6 Å². The number of amides is 3. The van der Waals surface area contributed by atoms with Gasteiger partial charge >= 0.3 is 12.2 Å². The van der Waals surface area contributed by atoms with Gasteiger partial charge in [0.05, 0.1) is 22.4 Å². The Morgan fingerprint density at radius 2 is 1.67 bits per heavy atom. The number of rotatable bonds is 3. The highest BCUT2D eigenvalue weighted by Gasteiger charge is 2.49. The molecule has 2 N–H and O–H groups in total. The largest absolute Gasteiger partial charge is 0.416 e. The molecule has 0 radical (unpaired) electrons. The quantitative estimate of drug-likeness (QED) is 0.530. The molecule has 3 amide bonds. The lowest BCUT2D eigenvalue weighted by atomic mass is 9.84. The average Bonchev–Trinajstić information content (AvgIpc) is 3.09. The maximum Gasteiger partial charge on any atom is 0.416 e. The average molecular weight is 463 g/mol. The number of nitro groups is 1. The third kappa shape index (κ3) is 4.54. The second kappa shape index (κ2) is 8.26. The molecular formula is C21H20F3N5O4. The fourth-order valence-electron chi connectivity index (χ4n) is 4.22. The van der Waals surface area contributed by atoms with E-state index in [9.17, 15) is 32.9 Å². The van der Waals surface area contributed by atoms with Gasteiger partial charge in [-0.2, -0.15) is 13.2 Å². The highest BCUT2D eigenvalue weighted by Crippen LogP contribution is 2.37. The summed E-state index contributed by atoms with van der Waals surface area (Å²) in [4.78, 5) is 37.4.